The molecular weight excluding hydrogens is 569 g/mol. The first-order chi connectivity index (χ1) is 14.9. The summed E-state index contributed by atoms with van der Waals surface area (Å²) in [5, 5.41) is 3.42. The monoisotopic (exact) mass is 583 g/mol. The highest BCUT2D eigenvalue weighted by molar-refractivity contribution is 14.1. The van der Waals surface area contributed by atoms with Gasteiger partial charge in [0.1, 0.15) is 5.82 Å². The number of para-hydroxylation sites is 1. The molecule has 0 spiro atoms. The molecule has 0 radical (unpaired) electrons. The fourth-order valence-corrected chi connectivity index (χ4v) is 4.60. The van der Waals surface area contributed by atoms with Crippen molar-refractivity contribution in [3.05, 3.63) is 96.0 Å². The van der Waals surface area contributed by atoms with Crippen molar-refractivity contribution in [3.63, 3.8) is 0 Å². The van der Waals surface area contributed by atoms with E-state index in [4.69, 9.17) is 4.98 Å². The minimum Gasteiger partial charge on any atom is -0.321 e. The first kappa shape index (κ1) is 20.1. The summed E-state index contributed by atoms with van der Waals surface area (Å²) in [6, 6.07) is 18.9. The Morgan fingerprint density at radius 3 is 2.68 bits per heavy atom. The van der Waals surface area contributed by atoms with Gasteiger partial charge in [0.15, 0.2) is 0 Å². The largest absolute Gasteiger partial charge is 0.321 e. The summed E-state index contributed by atoms with van der Waals surface area (Å²) in [4.78, 5) is 31.1. The van der Waals surface area contributed by atoms with E-state index < -0.39 is 0 Å². The zero-order valence-electron chi connectivity index (χ0n) is 16.3. The quantitative estimate of drug-likeness (QED) is 0.248. The second-order valence-electron chi connectivity index (χ2n) is 7.26. The van der Waals surface area contributed by atoms with Crippen molar-refractivity contribution in [1.82, 2.24) is 9.55 Å². The summed E-state index contributed by atoms with van der Waals surface area (Å²) in [5.74, 6) is 0.187. The van der Waals surface area contributed by atoms with Crippen LogP contribution in [0.4, 0.5) is 5.69 Å². The molecule has 4 aromatic rings. The highest BCUT2D eigenvalue weighted by Gasteiger charge is 2.25. The van der Waals surface area contributed by atoms with Crippen molar-refractivity contribution < 1.29 is 4.79 Å². The van der Waals surface area contributed by atoms with Crippen LogP contribution in [0.1, 0.15) is 17.0 Å². The van der Waals surface area contributed by atoms with Gasteiger partial charge >= 0.3 is 0 Å². The van der Waals surface area contributed by atoms with Crippen molar-refractivity contribution in [2.24, 2.45) is 0 Å². The number of halogens is 2. The van der Waals surface area contributed by atoms with Gasteiger partial charge in [-0.15, -0.1) is 0 Å². The zero-order chi connectivity index (χ0) is 21.7. The fourth-order valence-electron chi connectivity index (χ4n) is 3.75. The summed E-state index contributed by atoms with van der Waals surface area (Å²) in [6.45, 7) is 1.95. The normalized spacial score (nSPS) is 14.2. The minimum absolute atomic E-state index is 0.169. The summed E-state index contributed by atoms with van der Waals surface area (Å²) >= 11 is 5.66. The molecule has 1 aliphatic rings. The number of hydrogen-bond acceptors (Lipinski definition) is 3. The lowest BCUT2D eigenvalue weighted by Gasteiger charge is -2.14. The van der Waals surface area contributed by atoms with Crippen LogP contribution in [0, 0.1) is 10.5 Å². The number of aromatic nitrogens is 2. The number of hydrogen-bond donors (Lipinski definition) is 1. The number of benzene rings is 3. The number of anilines is 1. The van der Waals surface area contributed by atoms with Crippen LogP contribution in [-0.2, 0) is 4.79 Å². The molecule has 31 heavy (non-hydrogen) atoms. The number of carbonyl (C=O) groups excluding carboxylic acids is 1. The molecule has 0 aliphatic carbocycles. The van der Waals surface area contributed by atoms with Crippen LogP contribution in [0.5, 0.6) is 0 Å². The van der Waals surface area contributed by atoms with Crippen molar-refractivity contribution in [2.45, 2.75) is 6.92 Å². The topological polar surface area (TPSA) is 64.0 Å². The molecule has 0 saturated carbocycles. The van der Waals surface area contributed by atoms with Gasteiger partial charge in [-0.3, -0.25) is 14.2 Å². The predicted molar refractivity (Wildman–Crippen MR) is 135 cm³/mol. The molecule has 0 bridgehead atoms. The summed E-state index contributed by atoms with van der Waals surface area (Å²) in [5.41, 5.74) is 4.07. The van der Waals surface area contributed by atoms with E-state index in [2.05, 4.69) is 43.8 Å². The Hall–Kier alpha value is -2.78. The van der Waals surface area contributed by atoms with Gasteiger partial charge in [-0.2, -0.15) is 0 Å². The third-order valence-electron chi connectivity index (χ3n) is 5.25. The van der Waals surface area contributed by atoms with Crippen LogP contribution in [0.15, 0.2) is 69.9 Å². The average molecular weight is 584 g/mol. The van der Waals surface area contributed by atoms with E-state index in [0.29, 0.717) is 22.3 Å². The lowest BCUT2D eigenvalue weighted by atomic mass is 10.1. The number of nitrogens with one attached hydrogen (secondary N) is 1. The van der Waals surface area contributed by atoms with Crippen LogP contribution in [0.3, 0.4) is 0 Å². The highest BCUT2D eigenvalue weighted by atomic mass is 127. The Balaban J connectivity index is 1.85. The van der Waals surface area contributed by atoms with Gasteiger partial charge in [0.05, 0.1) is 22.2 Å². The molecule has 5 nitrogen and oxygen atoms in total. The molecule has 152 valence electrons. The molecule has 5 rings (SSSR count). The Morgan fingerprint density at radius 1 is 1.06 bits per heavy atom. The maximum atomic E-state index is 13.6. The number of nitrogens with zero attached hydrogens (tertiary/aromatic N) is 2. The van der Waals surface area contributed by atoms with Gasteiger partial charge in [0, 0.05) is 19.3 Å². The van der Waals surface area contributed by atoms with Crippen LogP contribution in [0.2, 0.25) is 0 Å². The lowest BCUT2D eigenvalue weighted by molar-refractivity contribution is -0.110. The second kappa shape index (κ2) is 7.72. The van der Waals surface area contributed by atoms with E-state index in [-0.39, 0.29) is 11.5 Å². The first-order valence-electron chi connectivity index (χ1n) is 9.54. The molecule has 0 saturated heterocycles. The summed E-state index contributed by atoms with van der Waals surface area (Å²) < 4.78 is 3.41. The molecule has 0 fully saturated rings. The van der Waals surface area contributed by atoms with Gasteiger partial charge in [-0.25, -0.2) is 4.98 Å². The minimum atomic E-state index is -0.221. The summed E-state index contributed by atoms with van der Waals surface area (Å²) in [6.07, 6.45) is 1.69. The molecule has 3 aromatic carbocycles. The van der Waals surface area contributed by atoms with Crippen molar-refractivity contribution in [2.75, 3.05) is 5.32 Å². The van der Waals surface area contributed by atoms with Gasteiger partial charge < -0.3 is 5.32 Å². The average Bonchev–Trinajstić information content (AvgIpc) is 3.04. The van der Waals surface area contributed by atoms with Gasteiger partial charge in [-0.05, 0) is 83.6 Å². The number of carbonyl (C=O) groups is 1. The molecule has 1 N–H and O–H groups in total. The zero-order valence-corrected chi connectivity index (χ0v) is 20.1. The first-order valence-corrected chi connectivity index (χ1v) is 11.4. The van der Waals surface area contributed by atoms with Crippen LogP contribution in [0.25, 0.3) is 28.2 Å². The SMILES string of the molecule is Cc1ccccc1-n1c(C=C2C(=O)Nc3ccc(Br)cc32)nc2ccc(I)cc2c1=O. The number of fused-ring (bicyclic) bond motifs is 2. The molecule has 0 unspecified atom stereocenters. The maximum absolute atomic E-state index is 13.6. The van der Waals surface area contributed by atoms with Gasteiger partial charge in [0.25, 0.3) is 11.5 Å². The van der Waals surface area contributed by atoms with E-state index in [0.717, 1.165) is 30.5 Å². The molecule has 1 aliphatic heterocycles. The van der Waals surface area contributed by atoms with E-state index in [1.165, 1.54) is 0 Å². The number of rotatable bonds is 2. The third kappa shape index (κ3) is 3.51. The molecule has 2 heterocycles. The molecule has 7 heteroatoms. The molecule has 1 amide bonds. The van der Waals surface area contributed by atoms with Crippen molar-refractivity contribution in [3.8, 4) is 5.69 Å². The molecule has 0 atom stereocenters. The van der Waals surface area contributed by atoms with E-state index in [9.17, 15) is 9.59 Å². The highest BCUT2D eigenvalue weighted by Crippen LogP contribution is 2.35. The Morgan fingerprint density at radius 2 is 1.87 bits per heavy atom. The van der Waals surface area contributed by atoms with Crippen molar-refractivity contribution >= 4 is 72.7 Å². The van der Waals surface area contributed by atoms with Gasteiger partial charge in [-0.1, -0.05) is 34.1 Å². The summed E-state index contributed by atoms with van der Waals surface area (Å²) in [7, 11) is 0. The maximum Gasteiger partial charge on any atom is 0.266 e. The second-order valence-corrected chi connectivity index (χ2v) is 9.42. The Bertz CT molecular complexity index is 1490. The smallest absolute Gasteiger partial charge is 0.266 e. The lowest BCUT2D eigenvalue weighted by Crippen LogP contribution is -2.23. The van der Waals surface area contributed by atoms with E-state index >= 15 is 0 Å². The third-order valence-corrected chi connectivity index (χ3v) is 6.41. The number of aryl methyl sites for hydroxylation is 1. The van der Waals surface area contributed by atoms with Crippen LogP contribution in [-0.4, -0.2) is 15.5 Å². The van der Waals surface area contributed by atoms with Crippen LogP contribution >= 0.6 is 38.5 Å². The predicted octanol–water partition coefficient (Wildman–Crippen LogP) is 5.55. The van der Waals surface area contributed by atoms with E-state index in [1.807, 2.05) is 67.6 Å². The van der Waals surface area contributed by atoms with E-state index in [1.54, 1.807) is 10.6 Å². The standard InChI is InChI=1S/C24H15BrIN3O2/c1-13-4-2-3-5-21(13)29-22(27-20-9-7-15(26)11-18(20)24(29)31)12-17-16-10-14(25)6-8-19(16)28-23(17)30/h2-12H,1H3,(H,28,30). The number of amides is 1. The van der Waals surface area contributed by atoms with Crippen molar-refractivity contribution in [1.29, 1.82) is 0 Å². The van der Waals surface area contributed by atoms with Gasteiger partial charge in [0.2, 0.25) is 0 Å². The molecular formula is C24H15BrIN3O2. The molecule has 1 aromatic heterocycles. The Labute approximate surface area is 200 Å². The van der Waals surface area contributed by atoms with Crippen LogP contribution < -0.4 is 10.9 Å². The Kier molecular flexibility index (Phi) is 5.02. The fraction of sp³-hybridized carbons (Fsp3) is 0.0417.